The Hall–Kier alpha value is -2.63. The molecule has 3 aromatic rings. The van der Waals surface area contributed by atoms with Crippen LogP contribution in [0.15, 0.2) is 91.0 Å². The number of para-hydroxylation sites is 1. The first-order valence-electron chi connectivity index (χ1n) is 11.7. The standard InChI is InChI=1S/C28H31N2O2.BrH/c31-28(29(26-14-8-3-9-15-26)20-23-10-4-1-5-11-23)32-27-22-30(18-16-25(27)17-19-30)21-24-12-6-2-7-13-24;/h1-15,25,27H,16-22H2;1H/q+1;/p-1/t25?,27-,30?;/m0./s1. The van der Waals surface area contributed by atoms with Gasteiger partial charge in [0.2, 0.25) is 0 Å². The summed E-state index contributed by atoms with van der Waals surface area (Å²) in [5.74, 6) is 0.476. The molecule has 0 spiro atoms. The number of ether oxygens (including phenoxy) is 1. The summed E-state index contributed by atoms with van der Waals surface area (Å²) in [5, 5.41) is 0. The highest BCUT2D eigenvalue weighted by molar-refractivity contribution is 5.87. The van der Waals surface area contributed by atoms with E-state index in [1.54, 1.807) is 4.90 Å². The van der Waals surface area contributed by atoms with E-state index in [-0.39, 0.29) is 29.2 Å². The quantitative estimate of drug-likeness (QED) is 0.481. The minimum absolute atomic E-state index is 0. The van der Waals surface area contributed by atoms with E-state index in [4.69, 9.17) is 4.74 Å². The molecule has 3 fully saturated rings. The molecule has 33 heavy (non-hydrogen) atoms. The Bertz CT molecular complexity index is 1020. The fraction of sp³-hybridized carbons (Fsp3) is 0.321. The van der Waals surface area contributed by atoms with Gasteiger partial charge >= 0.3 is 6.09 Å². The van der Waals surface area contributed by atoms with E-state index in [9.17, 15) is 4.79 Å². The summed E-state index contributed by atoms with van der Waals surface area (Å²) in [6.07, 6.45) is 2.01. The molecule has 1 atom stereocenters. The van der Waals surface area contributed by atoms with Gasteiger partial charge in [-0.1, -0.05) is 78.9 Å². The van der Waals surface area contributed by atoms with Crippen molar-refractivity contribution in [1.82, 2.24) is 0 Å². The van der Waals surface area contributed by atoms with Gasteiger partial charge in [-0.15, -0.1) is 0 Å². The number of quaternary nitrogens is 1. The van der Waals surface area contributed by atoms with Crippen molar-refractivity contribution in [3.8, 4) is 0 Å². The van der Waals surface area contributed by atoms with E-state index in [1.165, 1.54) is 18.7 Å². The molecular formula is C28H31BrN2O2. The second-order valence-electron chi connectivity index (χ2n) is 9.28. The molecular weight excluding hydrogens is 476 g/mol. The number of fused-ring (bicyclic) bond motifs is 3. The summed E-state index contributed by atoms with van der Waals surface area (Å²) >= 11 is 0. The van der Waals surface area contributed by atoms with Crippen molar-refractivity contribution >= 4 is 11.8 Å². The van der Waals surface area contributed by atoms with Crippen LogP contribution in [0.25, 0.3) is 0 Å². The maximum absolute atomic E-state index is 13.5. The molecule has 0 radical (unpaired) electrons. The van der Waals surface area contributed by atoms with Gasteiger partial charge in [-0.3, -0.25) is 4.90 Å². The Balaban J connectivity index is 0.00000259. The number of benzene rings is 3. The van der Waals surface area contributed by atoms with Crippen LogP contribution in [0.1, 0.15) is 24.0 Å². The maximum Gasteiger partial charge on any atom is 0.415 e. The second-order valence-corrected chi connectivity index (χ2v) is 9.28. The Morgan fingerprint density at radius 3 is 1.97 bits per heavy atom. The van der Waals surface area contributed by atoms with Gasteiger partial charge in [0.1, 0.15) is 13.1 Å². The lowest BCUT2D eigenvalue weighted by Crippen LogP contribution is -3.00. The lowest BCUT2D eigenvalue weighted by atomic mass is 9.83. The van der Waals surface area contributed by atoms with Crippen molar-refractivity contribution in [3.05, 3.63) is 102 Å². The zero-order chi connectivity index (χ0) is 21.8. The van der Waals surface area contributed by atoms with Crippen LogP contribution in [0.3, 0.4) is 0 Å². The number of halogens is 1. The van der Waals surface area contributed by atoms with Crippen LogP contribution in [-0.2, 0) is 17.8 Å². The van der Waals surface area contributed by atoms with Crippen LogP contribution in [0.2, 0.25) is 0 Å². The number of carbonyl (C=O) groups excluding carboxylic acids is 1. The summed E-state index contributed by atoms with van der Waals surface area (Å²) in [6, 6.07) is 30.7. The predicted molar refractivity (Wildman–Crippen MR) is 127 cm³/mol. The predicted octanol–water partition coefficient (Wildman–Crippen LogP) is 2.64. The number of carbonyl (C=O) groups is 1. The average molecular weight is 507 g/mol. The fourth-order valence-corrected chi connectivity index (χ4v) is 5.38. The minimum atomic E-state index is -0.239. The van der Waals surface area contributed by atoms with Crippen molar-refractivity contribution in [2.75, 3.05) is 24.5 Å². The second kappa shape index (κ2) is 10.5. The lowest BCUT2D eigenvalue weighted by Gasteiger charge is -2.52. The molecule has 0 aromatic heterocycles. The molecule has 0 aliphatic carbocycles. The van der Waals surface area contributed by atoms with Crippen LogP contribution in [0, 0.1) is 5.92 Å². The van der Waals surface area contributed by atoms with Crippen molar-refractivity contribution in [2.45, 2.75) is 32.0 Å². The van der Waals surface area contributed by atoms with E-state index in [0.717, 1.165) is 41.7 Å². The Kier molecular flexibility index (Phi) is 7.51. The molecule has 172 valence electrons. The van der Waals surface area contributed by atoms with E-state index >= 15 is 0 Å². The summed E-state index contributed by atoms with van der Waals surface area (Å²) in [4.78, 5) is 15.2. The number of piperidine rings is 3. The van der Waals surface area contributed by atoms with Gasteiger partial charge in [-0.2, -0.15) is 0 Å². The molecule has 0 N–H and O–H groups in total. The number of rotatable bonds is 6. The molecule has 3 aromatic carbocycles. The SMILES string of the molecule is O=C(O[C@H]1C[N+]2(Cc3ccccc3)CCC1CC2)N(Cc1ccccc1)c1ccccc1.[Br-]. The molecule has 5 heteroatoms. The number of amides is 1. The van der Waals surface area contributed by atoms with E-state index < -0.39 is 0 Å². The van der Waals surface area contributed by atoms with Gasteiger partial charge in [0, 0.05) is 30.0 Å². The summed E-state index contributed by atoms with van der Waals surface area (Å²) < 4.78 is 7.28. The first-order valence-corrected chi connectivity index (χ1v) is 11.7. The highest BCUT2D eigenvalue weighted by Gasteiger charge is 2.48. The van der Waals surface area contributed by atoms with Crippen LogP contribution < -0.4 is 21.9 Å². The van der Waals surface area contributed by atoms with Gasteiger partial charge < -0.3 is 26.2 Å². The highest BCUT2D eigenvalue weighted by atomic mass is 79.9. The highest BCUT2D eigenvalue weighted by Crippen LogP contribution is 2.37. The van der Waals surface area contributed by atoms with Crippen LogP contribution in [0.4, 0.5) is 10.5 Å². The number of hydrogen-bond acceptors (Lipinski definition) is 2. The first-order chi connectivity index (χ1) is 15.7. The molecule has 3 aliphatic rings. The van der Waals surface area contributed by atoms with Crippen molar-refractivity contribution in [1.29, 1.82) is 0 Å². The first kappa shape index (κ1) is 23.5. The molecule has 3 saturated heterocycles. The molecule has 3 aliphatic heterocycles. The van der Waals surface area contributed by atoms with Crippen LogP contribution in [-0.4, -0.2) is 36.3 Å². The van der Waals surface area contributed by atoms with Crippen LogP contribution in [0.5, 0.6) is 0 Å². The van der Waals surface area contributed by atoms with Gasteiger partial charge in [0.25, 0.3) is 0 Å². The van der Waals surface area contributed by atoms with Crippen molar-refractivity contribution in [3.63, 3.8) is 0 Å². The number of anilines is 1. The maximum atomic E-state index is 13.5. The third-order valence-corrected chi connectivity index (χ3v) is 7.13. The normalized spacial score (nSPS) is 23.4. The fourth-order valence-electron chi connectivity index (χ4n) is 5.38. The van der Waals surface area contributed by atoms with Gasteiger partial charge in [0.15, 0.2) is 6.10 Å². The Morgan fingerprint density at radius 2 is 1.36 bits per heavy atom. The summed E-state index contributed by atoms with van der Waals surface area (Å²) in [5.41, 5.74) is 3.33. The Morgan fingerprint density at radius 1 is 0.818 bits per heavy atom. The largest absolute Gasteiger partial charge is 1.00 e. The summed E-state index contributed by atoms with van der Waals surface area (Å²) in [6.45, 7) is 4.80. The zero-order valence-electron chi connectivity index (χ0n) is 18.9. The molecule has 6 rings (SSSR count). The van der Waals surface area contributed by atoms with E-state index in [2.05, 4.69) is 42.5 Å². The number of hydrogen-bond donors (Lipinski definition) is 0. The van der Waals surface area contributed by atoms with Crippen LogP contribution >= 0.6 is 0 Å². The molecule has 1 amide bonds. The monoisotopic (exact) mass is 506 g/mol. The van der Waals surface area contributed by atoms with Crippen molar-refractivity contribution < 1.29 is 31.0 Å². The van der Waals surface area contributed by atoms with Gasteiger partial charge in [-0.05, 0) is 17.7 Å². The molecule has 3 heterocycles. The molecule has 4 nitrogen and oxygen atoms in total. The third-order valence-electron chi connectivity index (χ3n) is 7.13. The Labute approximate surface area is 207 Å². The average Bonchev–Trinajstić information content (AvgIpc) is 2.85. The molecule has 2 bridgehead atoms. The third kappa shape index (κ3) is 5.48. The smallest absolute Gasteiger partial charge is 0.415 e. The minimum Gasteiger partial charge on any atom is -1.00 e. The zero-order valence-corrected chi connectivity index (χ0v) is 20.4. The van der Waals surface area contributed by atoms with E-state index in [1.807, 2.05) is 48.5 Å². The summed E-state index contributed by atoms with van der Waals surface area (Å²) in [7, 11) is 0. The van der Waals surface area contributed by atoms with Crippen molar-refractivity contribution in [2.24, 2.45) is 5.92 Å². The van der Waals surface area contributed by atoms with Gasteiger partial charge in [-0.25, -0.2) is 4.79 Å². The topological polar surface area (TPSA) is 29.5 Å². The lowest BCUT2D eigenvalue weighted by molar-refractivity contribution is -0.958. The number of nitrogens with zero attached hydrogens (tertiary/aromatic N) is 2. The van der Waals surface area contributed by atoms with E-state index in [0.29, 0.717) is 12.5 Å². The molecule has 0 unspecified atom stereocenters. The van der Waals surface area contributed by atoms with Gasteiger partial charge in [0.05, 0.1) is 19.6 Å². The molecule has 0 saturated carbocycles.